The van der Waals surface area contributed by atoms with Crippen molar-refractivity contribution in [2.45, 2.75) is 44.1 Å². The number of likely N-dealkylation sites (tertiary alicyclic amines) is 1. The first-order valence-corrected chi connectivity index (χ1v) is 8.99. The zero-order valence-electron chi connectivity index (χ0n) is 13.9. The molecule has 25 heavy (non-hydrogen) atoms. The molecule has 3 aromatic rings. The summed E-state index contributed by atoms with van der Waals surface area (Å²) < 4.78 is 19.8. The monoisotopic (exact) mass is 341 g/mol. The van der Waals surface area contributed by atoms with E-state index in [9.17, 15) is 4.39 Å². The quantitative estimate of drug-likeness (QED) is 0.790. The fraction of sp³-hybridized carbons (Fsp3) is 0.500. The number of aromatic nitrogens is 4. The minimum atomic E-state index is -0.360. The zero-order valence-corrected chi connectivity index (χ0v) is 13.9. The first kappa shape index (κ1) is 15.0. The van der Waals surface area contributed by atoms with Gasteiger partial charge in [0.2, 0.25) is 11.7 Å². The average Bonchev–Trinajstić information content (AvgIpc) is 3.24. The summed E-state index contributed by atoms with van der Waals surface area (Å²) in [5.41, 5.74) is 1.12. The van der Waals surface area contributed by atoms with Gasteiger partial charge in [0.15, 0.2) is 0 Å². The molecule has 1 saturated carbocycles. The maximum Gasteiger partial charge on any atom is 0.230 e. The Bertz CT molecular complexity index is 892. The Morgan fingerprint density at radius 1 is 1.16 bits per heavy atom. The summed E-state index contributed by atoms with van der Waals surface area (Å²) in [6, 6.07) is 3.70. The SMILES string of the molecule is Fc1ccc2[nH]ncc2c1-c1noc([C@H]2C[C@@H](N3CCCCC3)C2)n1. The van der Waals surface area contributed by atoms with E-state index in [1.807, 2.05) is 0 Å². The van der Waals surface area contributed by atoms with Crippen LogP contribution in [-0.2, 0) is 0 Å². The largest absolute Gasteiger partial charge is 0.339 e. The topological polar surface area (TPSA) is 70.8 Å². The van der Waals surface area contributed by atoms with Gasteiger partial charge >= 0.3 is 0 Å². The van der Waals surface area contributed by atoms with Crippen molar-refractivity contribution in [3.8, 4) is 11.4 Å². The number of rotatable bonds is 3. The highest BCUT2D eigenvalue weighted by molar-refractivity contribution is 5.92. The molecule has 2 fully saturated rings. The molecule has 7 heteroatoms. The average molecular weight is 341 g/mol. The lowest BCUT2D eigenvalue weighted by molar-refractivity contribution is 0.0783. The van der Waals surface area contributed by atoms with E-state index in [1.54, 1.807) is 12.3 Å². The fourth-order valence-electron chi connectivity index (χ4n) is 4.09. The van der Waals surface area contributed by atoms with Gasteiger partial charge in [0.1, 0.15) is 5.82 Å². The van der Waals surface area contributed by atoms with E-state index in [4.69, 9.17) is 4.52 Å². The summed E-state index contributed by atoms with van der Waals surface area (Å²) in [4.78, 5) is 7.08. The highest BCUT2D eigenvalue weighted by atomic mass is 19.1. The first-order valence-electron chi connectivity index (χ1n) is 8.99. The molecule has 0 amide bonds. The van der Waals surface area contributed by atoms with E-state index in [0.29, 0.717) is 34.6 Å². The smallest absolute Gasteiger partial charge is 0.230 e. The van der Waals surface area contributed by atoms with Crippen LogP contribution >= 0.6 is 0 Å². The van der Waals surface area contributed by atoms with Gasteiger partial charge in [-0.05, 0) is 50.9 Å². The number of aromatic amines is 1. The molecule has 5 rings (SSSR count). The second kappa shape index (κ2) is 5.91. The summed E-state index contributed by atoms with van der Waals surface area (Å²) in [7, 11) is 0. The molecule has 0 spiro atoms. The summed E-state index contributed by atoms with van der Waals surface area (Å²) in [5.74, 6) is 0.866. The molecule has 130 valence electrons. The van der Waals surface area contributed by atoms with Crippen LogP contribution in [0.5, 0.6) is 0 Å². The lowest BCUT2D eigenvalue weighted by atomic mass is 9.78. The van der Waals surface area contributed by atoms with E-state index < -0.39 is 0 Å². The lowest BCUT2D eigenvalue weighted by Crippen LogP contribution is -2.46. The number of nitrogens with zero attached hydrogens (tertiary/aromatic N) is 4. The third-order valence-electron chi connectivity index (χ3n) is 5.61. The lowest BCUT2D eigenvalue weighted by Gasteiger charge is -2.43. The molecular weight excluding hydrogens is 321 g/mol. The van der Waals surface area contributed by atoms with E-state index >= 15 is 0 Å². The first-order chi connectivity index (χ1) is 12.3. The number of hydrogen-bond acceptors (Lipinski definition) is 5. The fourth-order valence-corrected chi connectivity index (χ4v) is 4.09. The summed E-state index contributed by atoms with van der Waals surface area (Å²) >= 11 is 0. The summed E-state index contributed by atoms with van der Waals surface area (Å²) in [5, 5.41) is 11.5. The number of hydrogen-bond donors (Lipinski definition) is 1. The van der Waals surface area contributed by atoms with Gasteiger partial charge in [-0.1, -0.05) is 11.6 Å². The van der Waals surface area contributed by atoms with Crippen molar-refractivity contribution >= 4 is 10.9 Å². The molecule has 2 aromatic heterocycles. The van der Waals surface area contributed by atoms with Crippen molar-refractivity contribution in [2.75, 3.05) is 13.1 Å². The van der Waals surface area contributed by atoms with Gasteiger partial charge in [0.05, 0.1) is 17.3 Å². The standard InChI is InChI=1S/C18H20FN5O/c19-14-4-5-15-13(10-20-22-15)16(14)17-21-18(25-23-17)11-8-12(9-11)24-6-2-1-3-7-24/h4-5,10-12H,1-3,6-9H2,(H,20,22)/t11-,12+. The molecule has 1 aliphatic heterocycles. The Morgan fingerprint density at radius 2 is 2.00 bits per heavy atom. The third kappa shape index (κ3) is 2.54. The maximum absolute atomic E-state index is 14.3. The number of fused-ring (bicyclic) bond motifs is 1. The van der Waals surface area contributed by atoms with E-state index in [0.717, 1.165) is 18.4 Å². The molecule has 6 nitrogen and oxygen atoms in total. The number of nitrogens with one attached hydrogen (secondary N) is 1. The molecule has 1 saturated heterocycles. The van der Waals surface area contributed by atoms with Crippen LogP contribution in [0.2, 0.25) is 0 Å². The zero-order chi connectivity index (χ0) is 16.8. The Labute approximate surface area is 144 Å². The van der Waals surface area contributed by atoms with Crippen molar-refractivity contribution in [2.24, 2.45) is 0 Å². The van der Waals surface area contributed by atoms with Crippen LogP contribution < -0.4 is 0 Å². The van der Waals surface area contributed by atoms with Crippen LogP contribution in [0.4, 0.5) is 4.39 Å². The molecule has 0 bridgehead atoms. The Hall–Kier alpha value is -2.28. The van der Waals surface area contributed by atoms with Gasteiger partial charge in [-0.25, -0.2) is 4.39 Å². The van der Waals surface area contributed by atoms with Gasteiger partial charge in [-0.2, -0.15) is 10.1 Å². The second-order valence-corrected chi connectivity index (χ2v) is 7.13. The molecule has 2 aliphatic rings. The Kier molecular flexibility index (Phi) is 3.55. The van der Waals surface area contributed by atoms with Crippen LogP contribution in [0.1, 0.15) is 43.9 Å². The Balaban J connectivity index is 1.36. The number of benzene rings is 1. The van der Waals surface area contributed by atoms with Crippen molar-refractivity contribution in [1.29, 1.82) is 0 Å². The molecule has 0 atom stereocenters. The van der Waals surface area contributed by atoms with Gasteiger partial charge < -0.3 is 9.42 Å². The van der Waals surface area contributed by atoms with Crippen molar-refractivity contribution < 1.29 is 8.91 Å². The minimum absolute atomic E-state index is 0.291. The molecule has 1 N–H and O–H groups in total. The van der Waals surface area contributed by atoms with Crippen LogP contribution in [0.25, 0.3) is 22.3 Å². The van der Waals surface area contributed by atoms with Crippen molar-refractivity contribution in [3.05, 3.63) is 30.0 Å². The minimum Gasteiger partial charge on any atom is -0.339 e. The van der Waals surface area contributed by atoms with Crippen LogP contribution in [-0.4, -0.2) is 44.4 Å². The highest BCUT2D eigenvalue weighted by Crippen LogP contribution is 2.40. The highest BCUT2D eigenvalue weighted by Gasteiger charge is 2.38. The van der Waals surface area contributed by atoms with Crippen molar-refractivity contribution in [3.63, 3.8) is 0 Å². The van der Waals surface area contributed by atoms with Gasteiger partial charge in [-0.3, -0.25) is 5.10 Å². The van der Waals surface area contributed by atoms with Gasteiger partial charge in [0.25, 0.3) is 0 Å². The normalized spacial score (nSPS) is 24.5. The predicted molar refractivity (Wildman–Crippen MR) is 90.5 cm³/mol. The number of halogens is 1. The molecule has 1 aromatic carbocycles. The molecule has 0 unspecified atom stereocenters. The van der Waals surface area contributed by atoms with Gasteiger partial charge in [-0.15, -0.1) is 0 Å². The second-order valence-electron chi connectivity index (χ2n) is 7.13. The van der Waals surface area contributed by atoms with E-state index in [1.165, 1.54) is 38.4 Å². The van der Waals surface area contributed by atoms with Crippen LogP contribution in [0, 0.1) is 5.82 Å². The molecule has 0 radical (unpaired) electrons. The third-order valence-corrected chi connectivity index (χ3v) is 5.61. The molecular formula is C18H20FN5O. The number of H-pyrrole nitrogens is 1. The Morgan fingerprint density at radius 3 is 2.84 bits per heavy atom. The molecule has 1 aliphatic carbocycles. The van der Waals surface area contributed by atoms with Gasteiger partial charge in [0, 0.05) is 17.3 Å². The summed E-state index contributed by atoms with van der Waals surface area (Å²) in [6.45, 7) is 2.42. The molecule has 3 heterocycles. The van der Waals surface area contributed by atoms with E-state index in [2.05, 4.69) is 25.2 Å². The maximum atomic E-state index is 14.3. The predicted octanol–water partition coefficient (Wildman–Crippen LogP) is 3.48. The van der Waals surface area contributed by atoms with Crippen LogP contribution in [0.3, 0.4) is 0 Å². The van der Waals surface area contributed by atoms with Crippen LogP contribution in [0.15, 0.2) is 22.9 Å². The number of piperidine rings is 1. The summed E-state index contributed by atoms with van der Waals surface area (Å²) in [6.07, 6.45) is 7.67. The van der Waals surface area contributed by atoms with E-state index in [-0.39, 0.29) is 5.82 Å². The van der Waals surface area contributed by atoms with Crippen molar-refractivity contribution in [1.82, 2.24) is 25.2 Å².